The molecule has 1 amide bonds. The number of nitrogens with one attached hydrogen (secondary N) is 1. The van der Waals surface area contributed by atoms with Crippen molar-refractivity contribution < 1.29 is 41.4 Å². The molecule has 13 heteroatoms. The fourth-order valence-electron chi connectivity index (χ4n) is 5.41. The molecule has 0 spiro atoms. The SMILES string of the molecule is Cc1cc2cc(c1F)[C@@H](CC(=O)O)NC(=O)[C@H](n1ccc(C(F)(F)F)c(Cl)c1=O)c1cc(ccc1F)COc1cccc(C)c1-2. The van der Waals surface area contributed by atoms with Gasteiger partial charge in [0, 0.05) is 22.9 Å². The molecule has 0 unspecified atom stereocenters. The predicted octanol–water partition coefficient (Wildman–Crippen LogP) is 6.90. The van der Waals surface area contributed by atoms with Gasteiger partial charge in [-0.15, -0.1) is 0 Å². The lowest BCUT2D eigenvalue weighted by Crippen LogP contribution is -2.41. The molecule has 234 valence electrons. The normalized spacial score (nSPS) is 16.7. The third kappa shape index (κ3) is 6.15. The van der Waals surface area contributed by atoms with Crippen LogP contribution >= 0.6 is 11.6 Å². The number of alkyl halides is 3. The quantitative estimate of drug-likeness (QED) is 0.236. The number of aliphatic carboxylic acids is 1. The maximum atomic E-state index is 15.7. The number of benzene rings is 3. The Morgan fingerprint density at radius 1 is 1.04 bits per heavy atom. The molecule has 2 N–H and O–H groups in total. The number of rotatable bonds is 3. The first-order valence-electron chi connectivity index (χ1n) is 13.5. The van der Waals surface area contributed by atoms with Gasteiger partial charge in [0.25, 0.3) is 5.56 Å². The Hall–Kier alpha value is -4.71. The van der Waals surface area contributed by atoms with Gasteiger partial charge in [-0.2, -0.15) is 13.2 Å². The van der Waals surface area contributed by atoms with Crippen molar-refractivity contribution in [2.24, 2.45) is 0 Å². The van der Waals surface area contributed by atoms with E-state index in [1.807, 2.05) is 0 Å². The van der Waals surface area contributed by atoms with Gasteiger partial charge in [-0.3, -0.25) is 19.0 Å². The first kappa shape index (κ1) is 31.7. The number of amides is 1. The minimum Gasteiger partial charge on any atom is -0.488 e. The number of hydrogen-bond acceptors (Lipinski definition) is 4. The summed E-state index contributed by atoms with van der Waals surface area (Å²) in [6.45, 7) is 3.10. The van der Waals surface area contributed by atoms with Crippen LogP contribution in [-0.4, -0.2) is 21.6 Å². The highest BCUT2D eigenvalue weighted by Crippen LogP contribution is 2.38. The zero-order valence-corrected chi connectivity index (χ0v) is 24.4. The lowest BCUT2D eigenvalue weighted by molar-refractivity contribution is -0.138. The molecule has 3 aromatic carbocycles. The zero-order valence-electron chi connectivity index (χ0n) is 23.6. The van der Waals surface area contributed by atoms with E-state index in [9.17, 15) is 32.7 Å². The molecule has 1 aliphatic rings. The Labute approximate surface area is 257 Å². The molecule has 0 fully saturated rings. The van der Waals surface area contributed by atoms with Crippen LogP contribution in [0.5, 0.6) is 5.75 Å². The largest absolute Gasteiger partial charge is 0.488 e. The van der Waals surface area contributed by atoms with Gasteiger partial charge in [0.05, 0.1) is 18.0 Å². The summed E-state index contributed by atoms with van der Waals surface area (Å²) in [6.07, 6.45) is -5.20. The summed E-state index contributed by atoms with van der Waals surface area (Å²) >= 11 is 5.81. The van der Waals surface area contributed by atoms with Crippen molar-refractivity contribution >= 4 is 23.5 Å². The zero-order chi connectivity index (χ0) is 32.8. The van der Waals surface area contributed by atoms with E-state index in [1.165, 1.54) is 25.1 Å². The topological polar surface area (TPSA) is 97.6 Å². The van der Waals surface area contributed by atoms with Crippen molar-refractivity contribution in [1.29, 1.82) is 0 Å². The summed E-state index contributed by atoms with van der Waals surface area (Å²) in [5, 5.41) is 10.9. The molecule has 1 aromatic heterocycles. The second kappa shape index (κ2) is 12.0. The van der Waals surface area contributed by atoms with Crippen molar-refractivity contribution in [3.63, 3.8) is 0 Å². The fourth-order valence-corrected chi connectivity index (χ4v) is 5.68. The summed E-state index contributed by atoms with van der Waals surface area (Å²) in [7, 11) is 0. The second-order valence-electron chi connectivity index (χ2n) is 10.6. The van der Waals surface area contributed by atoms with Crippen LogP contribution in [-0.2, 0) is 22.4 Å². The highest BCUT2D eigenvalue weighted by Gasteiger charge is 2.37. The number of nitrogens with zero attached hydrogens (tertiary/aromatic N) is 1. The number of carboxylic acids is 1. The highest BCUT2D eigenvalue weighted by atomic mass is 35.5. The molecule has 45 heavy (non-hydrogen) atoms. The number of carbonyl (C=O) groups is 2. The van der Waals surface area contributed by atoms with Gasteiger partial charge in [0.1, 0.15) is 35.1 Å². The number of ether oxygens (including phenoxy) is 1. The molecular formula is C32H24ClF5N2O5. The number of halogens is 6. The van der Waals surface area contributed by atoms with Crippen LogP contribution in [0, 0.1) is 25.5 Å². The van der Waals surface area contributed by atoms with Crippen molar-refractivity contribution in [2.45, 2.75) is 45.1 Å². The number of carboxylic acid groups (broad SMARTS) is 1. The third-order valence-electron chi connectivity index (χ3n) is 7.52. The van der Waals surface area contributed by atoms with Crippen LogP contribution in [0.25, 0.3) is 11.1 Å². The summed E-state index contributed by atoms with van der Waals surface area (Å²) in [4.78, 5) is 39.1. The van der Waals surface area contributed by atoms with E-state index in [0.29, 0.717) is 39.3 Å². The van der Waals surface area contributed by atoms with E-state index >= 15 is 8.78 Å². The van der Waals surface area contributed by atoms with Crippen LogP contribution in [0.1, 0.15) is 51.9 Å². The molecule has 0 aliphatic carbocycles. The number of carbonyl (C=O) groups excluding carboxylic acids is 1. The van der Waals surface area contributed by atoms with Gasteiger partial charge < -0.3 is 15.2 Å². The van der Waals surface area contributed by atoms with Gasteiger partial charge in [-0.25, -0.2) is 8.78 Å². The predicted molar refractivity (Wildman–Crippen MR) is 154 cm³/mol. The summed E-state index contributed by atoms with van der Waals surface area (Å²) in [5.41, 5.74) is -1.38. The lowest BCUT2D eigenvalue weighted by Gasteiger charge is -2.27. The lowest BCUT2D eigenvalue weighted by atomic mass is 9.91. The van der Waals surface area contributed by atoms with Crippen LogP contribution in [0.4, 0.5) is 22.0 Å². The Balaban J connectivity index is 1.79. The Kier molecular flexibility index (Phi) is 8.45. The number of aromatic nitrogens is 1. The molecule has 5 rings (SSSR count). The van der Waals surface area contributed by atoms with E-state index in [0.717, 1.165) is 11.6 Å². The number of pyridine rings is 1. The van der Waals surface area contributed by atoms with Crippen molar-refractivity contribution in [3.05, 3.63) is 121 Å². The summed E-state index contributed by atoms with van der Waals surface area (Å²) in [6, 6.07) is 8.60. The molecule has 4 bridgehead atoms. The van der Waals surface area contributed by atoms with Crippen molar-refractivity contribution in [1.82, 2.24) is 9.88 Å². The van der Waals surface area contributed by atoms with Crippen molar-refractivity contribution in [3.8, 4) is 16.9 Å². The van der Waals surface area contributed by atoms with Crippen LogP contribution in [0.3, 0.4) is 0 Å². The molecule has 0 saturated heterocycles. The van der Waals surface area contributed by atoms with E-state index < -0.39 is 69.9 Å². The van der Waals surface area contributed by atoms with Gasteiger partial charge >= 0.3 is 12.1 Å². The van der Waals surface area contributed by atoms with Gasteiger partial charge in [0.15, 0.2) is 0 Å². The monoisotopic (exact) mass is 646 g/mol. The first-order valence-corrected chi connectivity index (χ1v) is 13.9. The third-order valence-corrected chi connectivity index (χ3v) is 7.88. The molecule has 1 aliphatic heterocycles. The number of fused-ring (bicyclic) bond motifs is 6. The van der Waals surface area contributed by atoms with E-state index in [4.69, 9.17) is 16.3 Å². The molecule has 2 atom stereocenters. The van der Waals surface area contributed by atoms with E-state index in [-0.39, 0.29) is 17.7 Å². The summed E-state index contributed by atoms with van der Waals surface area (Å²) < 4.78 is 78.2. The first-order chi connectivity index (χ1) is 21.2. The molecule has 0 radical (unpaired) electrons. The van der Waals surface area contributed by atoms with Crippen molar-refractivity contribution in [2.75, 3.05) is 0 Å². The Morgan fingerprint density at radius 3 is 2.47 bits per heavy atom. The Morgan fingerprint density at radius 2 is 1.78 bits per heavy atom. The standard InChI is InChI=1S/C32H24ClF5N2O5/c1-15-4-3-5-24-26(15)18-10-16(2)28(35)20(12-18)23(13-25(41)42)39-30(43)29(19-11-17(14-45-24)6-7-22(19)34)40-9-8-21(32(36,37)38)27(33)31(40)44/h3-12,23,29H,13-14H2,1-2H3,(H,39,43)(H,41,42)/t23-,29-/m1/s1. The van der Waals surface area contributed by atoms with Gasteiger partial charge in [-0.05, 0) is 72.5 Å². The molecule has 7 nitrogen and oxygen atoms in total. The van der Waals surface area contributed by atoms with E-state index in [1.54, 1.807) is 31.2 Å². The van der Waals surface area contributed by atoms with Crippen LogP contribution in [0.2, 0.25) is 5.02 Å². The Bertz CT molecular complexity index is 1910. The maximum Gasteiger partial charge on any atom is 0.418 e. The molecule has 0 saturated carbocycles. The fraction of sp³-hybridized carbons (Fsp3) is 0.219. The average molecular weight is 647 g/mol. The second-order valence-corrected chi connectivity index (χ2v) is 11.0. The highest BCUT2D eigenvalue weighted by molar-refractivity contribution is 6.31. The average Bonchev–Trinajstić information content (AvgIpc) is 2.95. The molecule has 2 heterocycles. The molecule has 4 aromatic rings. The maximum absolute atomic E-state index is 15.7. The van der Waals surface area contributed by atoms with E-state index in [2.05, 4.69) is 5.32 Å². The van der Waals surface area contributed by atoms with Gasteiger partial charge in [0.2, 0.25) is 5.91 Å². The summed E-state index contributed by atoms with van der Waals surface area (Å²) in [5.74, 6) is -4.09. The number of aryl methyl sites for hydroxylation is 2. The van der Waals surface area contributed by atoms with Crippen LogP contribution in [0.15, 0.2) is 65.6 Å². The smallest absolute Gasteiger partial charge is 0.418 e. The van der Waals surface area contributed by atoms with Gasteiger partial charge in [-0.1, -0.05) is 29.8 Å². The minimum absolute atomic E-state index is 0.118. The number of hydrogen-bond donors (Lipinski definition) is 2. The van der Waals surface area contributed by atoms with Crippen LogP contribution < -0.4 is 15.6 Å². The molecular weight excluding hydrogens is 623 g/mol. The minimum atomic E-state index is -5.01.